The predicted octanol–water partition coefficient (Wildman–Crippen LogP) is 2.82. The molecule has 3 heterocycles. The Bertz CT molecular complexity index is 727. The van der Waals surface area contributed by atoms with Crippen LogP contribution in [-0.4, -0.2) is 49.4 Å². The van der Waals surface area contributed by atoms with E-state index < -0.39 is 5.97 Å². The maximum atomic E-state index is 12.2. The third-order valence-corrected chi connectivity index (χ3v) is 4.73. The van der Waals surface area contributed by atoms with E-state index in [0.717, 1.165) is 32.1 Å². The summed E-state index contributed by atoms with van der Waals surface area (Å²) in [5.74, 6) is 1.20. The van der Waals surface area contributed by atoms with E-state index in [1.54, 1.807) is 18.3 Å². The number of ether oxygens (including phenoxy) is 2. The Labute approximate surface area is 155 Å². The Morgan fingerprint density at radius 1 is 1.23 bits per heavy atom. The van der Waals surface area contributed by atoms with Gasteiger partial charge in [0, 0.05) is 24.9 Å². The van der Waals surface area contributed by atoms with Crippen molar-refractivity contribution in [2.45, 2.75) is 0 Å². The number of hydrogen-bond acceptors (Lipinski definition) is 6. The minimum absolute atomic E-state index is 0.174. The molecule has 2 unspecified atom stereocenters. The van der Waals surface area contributed by atoms with E-state index >= 15 is 0 Å². The molecule has 0 spiro atoms. The average molecular weight is 380 g/mol. The van der Waals surface area contributed by atoms with E-state index in [1.807, 2.05) is 0 Å². The van der Waals surface area contributed by atoms with Gasteiger partial charge in [-0.1, -0.05) is 23.7 Å². The zero-order valence-electron chi connectivity index (χ0n) is 14.3. The molecule has 0 radical (unpaired) electrons. The molecule has 2 aromatic rings. The molecule has 2 aliphatic rings. The Balaban J connectivity index is 0.000000206. The molecule has 1 aromatic heterocycles. The number of halogens is 2. The van der Waals surface area contributed by atoms with Gasteiger partial charge in [0.05, 0.1) is 37.7 Å². The van der Waals surface area contributed by atoms with Crippen molar-refractivity contribution >= 4 is 23.4 Å². The molecule has 4 rings (SSSR count). The van der Waals surface area contributed by atoms with Gasteiger partial charge in [0.1, 0.15) is 11.6 Å². The second-order valence-corrected chi connectivity index (χ2v) is 6.54. The molecule has 0 aliphatic carbocycles. The number of methoxy groups -OCH3 is 1. The predicted molar refractivity (Wildman–Crippen MR) is 94.8 cm³/mol. The molecular formula is C18H19ClFN3O3. The van der Waals surface area contributed by atoms with Gasteiger partial charge in [0.15, 0.2) is 5.69 Å². The summed E-state index contributed by atoms with van der Waals surface area (Å²) in [6.45, 7) is 3.59. The SMILES string of the molecule is COC(=O)c1cnc(N2CC3COCC3C2)cn1.Fc1ccccc1Cl. The largest absolute Gasteiger partial charge is 0.464 e. The van der Waals surface area contributed by atoms with Gasteiger partial charge in [0.2, 0.25) is 0 Å². The third kappa shape index (κ3) is 4.28. The number of esters is 1. The second kappa shape index (κ2) is 8.42. The number of fused-ring (bicyclic) bond motifs is 1. The number of hydrogen-bond donors (Lipinski definition) is 0. The molecule has 2 atom stereocenters. The van der Waals surface area contributed by atoms with E-state index in [4.69, 9.17) is 16.3 Å². The van der Waals surface area contributed by atoms with Gasteiger partial charge in [-0.3, -0.25) is 0 Å². The van der Waals surface area contributed by atoms with Crippen LogP contribution in [0.15, 0.2) is 36.7 Å². The van der Waals surface area contributed by atoms with Crippen molar-refractivity contribution in [3.05, 3.63) is 53.2 Å². The zero-order valence-corrected chi connectivity index (χ0v) is 15.0. The van der Waals surface area contributed by atoms with Crippen LogP contribution in [0.3, 0.4) is 0 Å². The molecule has 0 bridgehead atoms. The molecule has 8 heteroatoms. The fourth-order valence-electron chi connectivity index (χ4n) is 3.01. The van der Waals surface area contributed by atoms with E-state index in [9.17, 15) is 9.18 Å². The Morgan fingerprint density at radius 3 is 2.42 bits per heavy atom. The van der Waals surface area contributed by atoms with Gasteiger partial charge in [-0.05, 0) is 12.1 Å². The highest BCUT2D eigenvalue weighted by Gasteiger charge is 2.37. The van der Waals surface area contributed by atoms with Gasteiger partial charge in [-0.2, -0.15) is 0 Å². The van der Waals surface area contributed by atoms with Gasteiger partial charge in [0.25, 0.3) is 0 Å². The van der Waals surface area contributed by atoms with Gasteiger partial charge < -0.3 is 14.4 Å². The van der Waals surface area contributed by atoms with Gasteiger partial charge in [-0.15, -0.1) is 0 Å². The summed E-state index contributed by atoms with van der Waals surface area (Å²) in [4.78, 5) is 21.8. The summed E-state index contributed by atoms with van der Waals surface area (Å²) >= 11 is 5.33. The van der Waals surface area contributed by atoms with Crippen LogP contribution in [0.1, 0.15) is 10.5 Å². The minimum atomic E-state index is -0.458. The van der Waals surface area contributed by atoms with Crippen molar-refractivity contribution in [1.29, 1.82) is 0 Å². The highest BCUT2D eigenvalue weighted by Crippen LogP contribution is 2.31. The van der Waals surface area contributed by atoms with Crippen LogP contribution in [0.4, 0.5) is 10.2 Å². The first kappa shape index (κ1) is 18.5. The van der Waals surface area contributed by atoms with Crippen molar-refractivity contribution in [2.24, 2.45) is 11.8 Å². The lowest BCUT2D eigenvalue weighted by atomic mass is 10.0. The minimum Gasteiger partial charge on any atom is -0.464 e. The summed E-state index contributed by atoms with van der Waals surface area (Å²) in [7, 11) is 1.33. The monoisotopic (exact) mass is 379 g/mol. The van der Waals surface area contributed by atoms with Crippen molar-refractivity contribution in [3.63, 3.8) is 0 Å². The van der Waals surface area contributed by atoms with Crippen LogP contribution in [0.25, 0.3) is 0 Å². The lowest BCUT2D eigenvalue weighted by molar-refractivity contribution is 0.0593. The smallest absolute Gasteiger partial charge is 0.358 e. The summed E-state index contributed by atoms with van der Waals surface area (Å²) in [5, 5.41) is 0.174. The Kier molecular flexibility index (Phi) is 6.00. The number of rotatable bonds is 2. The third-order valence-electron chi connectivity index (χ3n) is 4.42. The fraction of sp³-hybridized carbons (Fsp3) is 0.389. The van der Waals surface area contributed by atoms with E-state index in [-0.39, 0.29) is 16.5 Å². The van der Waals surface area contributed by atoms with Crippen LogP contribution in [0.2, 0.25) is 5.02 Å². The van der Waals surface area contributed by atoms with E-state index in [1.165, 1.54) is 25.4 Å². The molecule has 2 aliphatic heterocycles. The molecule has 0 N–H and O–H groups in total. The Hall–Kier alpha value is -2.25. The summed E-state index contributed by atoms with van der Waals surface area (Å²) in [6, 6.07) is 6.12. The van der Waals surface area contributed by atoms with Crippen LogP contribution in [0, 0.1) is 17.7 Å². The standard InChI is InChI=1S/C12H15N3O3.C6H4ClF/c1-17-12(16)10-2-14-11(3-13-10)15-4-8-6-18-7-9(8)5-15;7-5-3-1-2-4-6(5)8/h2-3,8-9H,4-7H2,1H3;1-4H. The average Bonchev–Trinajstić information content (AvgIpc) is 3.26. The topological polar surface area (TPSA) is 64.5 Å². The van der Waals surface area contributed by atoms with E-state index in [0.29, 0.717) is 11.8 Å². The quantitative estimate of drug-likeness (QED) is 0.748. The fourth-order valence-corrected chi connectivity index (χ4v) is 3.14. The molecule has 26 heavy (non-hydrogen) atoms. The van der Waals surface area contributed by atoms with Crippen molar-refractivity contribution in [3.8, 4) is 0 Å². The zero-order chi connectivity index (χ0) is 18.5. The highest BCUT2D eigenvalue weighted by molar-refractivity contribution is 6.30. The molecule has 2 saturated heterocycles. The first-order valence-electron chi connectivity index (χ1n) is 8.21. The maximum absolute atomic E-state index is 12.2. The van der Waals surface area contributed by atoms with Crippen molar-refractivity contribution < 1.29 is 18.7 Å². The maximum Gasteiger partial charge on any atom is 0.358 e. The molecule has 2 fully saturated rings. The number of benzene rings is 1. The summed E-state index contributed by atoms with van der Waals surface area (Å²) < 4.78 is 22.2. The molecular weight excluding hydrogens is 361 g/mol. The molecule has 1 aromatic carbocycles. The molecule has 0 saturated carbocycles. The van der Waals surface area contributed by atoms with Crippen LogP contribution >= 0.6 is 11.6 Å². The first-order chi connectivity index (χ1) is 12.6. The number of carbonyl (C=O) groups is 1. The Morgan fingerprint density at radius 2 is 1.92 bits per heavy atom. The van der Waals surface area contributed by atoms with Gasteiger partial charge >= 0.3 is 5.97 Å². The number of carbonyl (C=O) groups excluding carboxylic acids is 1. The lowest BCUT2D eigenvalue weighted by Gasteiger charge is -2.17. The van der Waals surface area contributed by atoms with Crippen LogP contribution < -0.4 is 4.90 Å². The number of aromatic nitrogens is 2. The van der Waals surface area contributed by atoms with Crippen molar-refractivity contribution in [2.75, 3.05) is 38.3 Å². The van der Waals surface area contributed by atoms with E-state index in [2.05, 4.69) is 19.6 Å². The lowest BCUT2D eigenvalue weighted by Crippen LogP contribution is -2.23. The summed E-state index contributed by atoms with van der Waals surface area (Å²) in [5.41, 5.74) is 0.240. The molecule has 138 valence electrons. The van der Waals surface area contributed by atoms with Crippen molar-refractivity contribution in [1.82, 2.24) is 9.97 Å². The van der Waals surface area contributed by atoms with Crippen LogP contribution in [-0.2, 0) is 9.47 Å². The number of nitrogens with zero attached hydrogens (tertiary/aromatic N) is 3. The molecule has 0 amide bonds. The van der Waals surface area contributed by atoms with Crippen LogP contribution in [0.5, 0.6) is 0 Å². The summed E-state index contributed by atoms with van der Waals surface area (Å²) in [6.07, 6.45) is 3.10. The highest BCUT2D eigenvalue weighted by atomic mass is 35.5. The number of anilines is 1. The van der Waals surface area contributed by atoms with Gasteiger partial charge in [-0.25, -0.2) is 19.2 Å². The second-order valence-electron chi connectivity index (χ2n) is 6.13. The first-order valence-corrected chi connectivity index (χ1v) is 8.59. The normalized spacial score (nSPS) is 21.0. The molecule has 6 nitrogen and oxygen atoms in total.